The molecule has 0 bridgehead atoms. The molecule has 0 atom stereocenters. The average Bonchev–Trinajstić information content (AvgIpc) is 2.79. The number of benzene rings is 1. The monoisotopic (exact) mass is 269 g/mol. The molecule has 3 aromatic rings. The van der Waals surface area contributed by atoms with Gasteiger partial charge in [0.15, 0.2) is 5.13 Å². The summed E-state index contributed by atoms with van der Waals surface area (Å²) < 4.78 is 1.22. The number of hydrogen-bond acceptors (Lipinski definition) is 4. The van der Waals surface area contributed by atoms with Gasteiger partial charge < -0.3 is 5.32 Å². The summed E-state index contributed by atoms with van der Waals surface area (Å²) in [5.74, 6) is 0. The Morgan fingerprint density at radius 3 is 2.95 bits per heavy atom. The number of rotatable bonds is 3. The zero-order chi connectivity index (χ0) is 13.2. The van der Waals surface area contributed by atoms with E-state index in [0.29, 0.717) is 0 Å². The number of nitrogens with one attached hydrogen (secondary N) is 1. The second kappa shape index (κ2) is 4.97. The molecule has 0 saturated carbocycles. The van der Waals surface area contributed by atoms with E-state index in [1.54, 1.807) is 11.3 Å². The molecule has 4 heteroatoms. The predicted molar refractivity (Wildman–Crippen MR) is 80.7 cm³/mol. The summed E-state index contributed by atoms with van der Waals surface area (Å²) in [6.07, 6.45) is 3.72. The van der Waals surface area contributed by atoms with Gasteiger partial charge in [0.05, 0.1) is 10.2 Å². The first kappa shape index (κ1) is 12.1. The lowest BCUT2D eigenvalue weighted by atomic mass is 10.2. The zero-order valence-electron chi connectivity index (χ0n) is 11.0. The summed E-state index contributed by atoms with van der Waals surface area (Å²) in [4.78, 5) is 8.76. The van der Waals surface area contributed by atoms with Gasteiger partial charge in [-0.05, 0) is 48.7 Å². The van der Waals surface area contributed by atoms with Crippen LogP contribution in [0.3, 0.4) is 0 Å². The average molecular weight is 269 g/mol. The van der Waals surface area contributed by atoms with Gasteiger partial charge in [-0.25, -0.2) is 4.98 Å². The summed E-state index contributed by atoms with van der Waals surface area (Å²) in [6.45, 7) is 4.95. The molecule has 19 heavy (non-hydrogen) atoms. The van der Waals surface area contributed by atoms with E-state index in [4.69, 9.17) is 0 Å². The second-order valence-corrected chi connectivity index (χ2v) is 5.68. The number of anilines is 1. The molecule has 0 aliphatic heterocycles. The summed E-state index contributed by atoms with van der Waals surface area (Å²) in [6, 6.07) is 8.39. The number of hydrogen-bond donors (Lipinski definition) is 1. The van der Waals surface area contributed by atoms with Crippen molar-refractivity contribution in [3.63, 3.8) is 0 Å². The first-order valence-electron chi connectivity index (χ1n) is 6.23. The Labute approximate surface area is 116 Å². The Morgan fingerprint density at radius 2 is 2.11 bits per heavy atom. The maximum Gasteiger partial charge on any atom is 0.184 e. The van der Waals surface area contributed by atoms with Gasteiger partial charge in [-0.15, -0.1) is 0 Å². The SMILES string of the molecule is Cc1ccc2sc(NCc3cnccc3C)nc2c1. The fourth-order valence-corrected chi connectivity index (χ4v) is 2.81. The molecular formula is C15H15N3S. The molecule has 2 aromatic heterocycles. The number of fused-ring (bicyclic) bond motifs is 1. The van der Waals surface area contributed by atoms with Crippen LogP contribution in [0, 0.1) is 13.8 Å². The highest BCUT2D eigenvalue weighted by Crippen LogP contribution is 2.26. The van der Waals surface area contributed by atoms with Crippen LogP contribution in [0.4, 0.5) is 5.13 Å². The summed E-state index contributed by atoms with van der Waals surface area (Å²) in [5, 5.41) is 4.34. The second-order valence-electron chi connectivity index (χ2n) is 4.65. The Hall–Kier alpha value is -1.94. The Bertz CT molecular complexity index is 718. The third kappa shape index (κ3) is 2.58. The van der Waals surface area contributed by atoms with Crippen LogP contribution < -0.4 is 5.32 Å². The van der Waals surface area contributed by atoms with Crippen molar-refractivity contribution in [2.45, 2.75) is 20.4 Å². The van der Waals surface area contributed by atoms with E-state index in [0.717, 1.165) is 17.2 Å². The fraction of sp³-hybridized carbons (Fsp3) is 0.200. The van der Waals surface area contributed by atoms with E-state index < -0.39 is 0 Å². The molecule has 96 valence electrons. The van der Waals surface area contributed by atoms with Crippen LogP contribution in [-0.2, 0) is 6.54 Å². The van der Waals surface area contributed by atoms with Crippen molar-refractivity contribution in [1.82, 2.24) is 9.97 Å². The quantitative estimate of drug-likeness (QED) is 0.783. The van der Waals surface area contributed by atoms with Crippen LogP contribution in [0.15, 0.2) is 36.7 Å². The van der Waals surface area contributed by atoms with Crippen LogP contribution in [0.25, 0.3) is 10.2 Å². The fourth-order valence-electron chi connectivity index (χ4n) is 1.97. The van der Waals surface area contributed by atoms with Crippen LogP contribution >= 0.6 is 11.3 Å². The van der Waals surface area contributed by atoms with E-state index >= 15 is 0 Å². The van der Waals surface area contributed by atoms with Crippen molar-refractivity contribution in [2.75, 3.05) is 5.32 Å². The molecule has 0 fully saturated rings. The smallest absolute Gasteiger partial charge is 0.184 e. The van der Waals surface area contributed by atoms with Crippen molar-refractivity contribution in [2.24, 2.45) is 0 Å². The molecule has 0 amide bonds. The highest BCUT2D eigenvalue weighted by Gasteiger charge is 2.04. The molecule has 0 unspecified atom stereocenters. The zero-order valence-corrected chi connectivity index (χ0v) is 11.8. The highest BCUT2D eigenvalue weighted by molar-refractivity contribution is 7.22. The minimum absolute atomic E-state index is 0.762. The Balaban J connectivity index is 1.80. The predicted octanol–water partition coefficient (Wildman–Crippen LogP) is 3.92. The third-order valence-electron chi connectivity index (χ3n) is 3.12. The minimum atomic E-state index is 0.762. The largest absolute Gasteiger partial charge is 0.357 e. The summed E-state index contributed by atoms with van der Waals surface area (Å²) in [5.41, 5.74) is 4.76. The number of aromatic nitrogens is 2. The minimum Gasteiger partial charge on any atom is -0.357 e. The van der Waals surface area contributed by atoms with Gasteiger partial charge in [0.1, 0.15) is 0 Å². The lowest BCUT2D eigenvalue weighted by Gasteiger charge is -2.04. The lowest BCUT2D eigenvalue weighted by Crippen LogP contribution is -2.01. The van der Waals surface area contributed by atoms with Gasteiger partial charge in [0.25, 0.3) is 0 Å². The van der Waals surface area contributed by atoms with Crippen molar-refractivity contribution in [1.29, 1.82) is 0 Å². The number of aryl methyl sites for hydroxylation is 2. The third-order valence-corrected chi connectivity index (χ3v) is 4.11. The molecule has 0 spiro atoms. The van der Waals surface area contributed by atoms with Crippen LogP contribution in [0.1, 0.15) is 16.7 Å². The lowest BCUT2D eigenvalue weighted by molar-refractivity contribution is 1.08. The molecule has 0 saturated heterocycles. The number of thiazole rings is 1. The van der Waals surface area contributed by atoms with Gasteiger partial charge in [-0.2, -0.15) is 0 Å². The first-order valence-corrected chi connectivity index (χ1v) is 7.04. The normalized spacial score (nSPS) is 10.8. The van der Waals surface area contributed by atoms with Crippen LogP contribution in [-0.4, -0.2) is 9.97 Å². The number of nitrogens with zero attached hydrogens (tertiary/aromatic N) is 2. The first-order chi connectivity index (χ1) is 9.22. The van der Waals surface area contributed by atoms with E-state index in [2.05, 4.69) is 47.3 Å². The molecule has 3 nitrogen and oxygen atoms in total. The number of pyridine rings is 1. The van der Waals surface area contributed by atoms with Gasteiger partial charge in [0.2, 0.25) is 0 Å². The Morgan fingerprint density at radius 1 is 1.21 bits per heavy atom. The molecule has 1 N–H and O–H groups in total. The van der Waals surface area contributed by atoms with Gasteiger partial charge in [-0.3, -0.25) is 4.98 Å². The Kier molecular flexibility index (Phi) is 3.17. The van der Waals surface area contributed by atoms with Crippen molar-refractivity contribution < 1.29 is 0 Å². The molecule has 2 heterocycles. The molecule has 0 aliphatic rings. The van der Waals surface area contributed by atoms with Crippen molar-refractivity contribution in [3.05, 3.63) is 53.3 Å². The molecule has 1 aromatic carbocycles. The maximum atomic E-state index is 4.61. The maximum absolute atomic E-state index is 4.61. The molecule has 0 aliphatic carbocycles. The standard InChI is InChI=1S/C15H15N3S/c1-10-3-4-14-13(7-10)18-15(19-14)17-9-12-8-16-6-5-11(12)2/h3-8H,9H2,1-2H3,(H,17,18). The van der Waals surface area contributed by atoms with E-state index in [1.165, 1.54) is 21.4 Å². The highest BCUT2D eigenvalue weighted by atomic mass is 32.1. The van der Waals surface area contributed by atoms with Crippen molar-refractivity contribution in [3.8, 4) is 0 Å². The summed E-state index contributed by atoms with van der Waals surface area (Å²) >= 11 is 1.69. The molecule has 3 rings (SSSR count). The van der Waals surface area contributed by atoms with Crippen LogP contribution in [0.2, 0.25) is 0 Å². The van der Waals surface area contributed by atoms with Crippen molar-refractivity contribution >= 4 is 26.7 Å². The summed E-state index contributed by atoms with van der Waals surface area (Å²) in [7, 11) is 0. The van der Waals surface area contributed by atoms with Gasteiger partial charge in [-0.1, -0.05) is 17.4 Å². The molecule has 0 radical (unpaired) electrons. The van der Waals surface area contributed by atoms with Gasteiger partial charge in [0, 0.05) is 18.9 Å². The topological polar surface area (TPSA) is 37.8 Å². The van der Waals surface area contributed by atoms with Crippen LogP contribution in [0.5, 0.6) is 0 Å². The van der Waals surface area contributed by atoms with E-state index in [-0.39, 0.29) is 0 Å². The van der Waals surface area contributed by atoms with E-state index in [1.807, 2.05) is 18.5 Å². The van der Waals surface area contributed by atoms with Gasteiger partial charge >= 0.3 is 0 Å². The van der Waals surface area contributed by atoms with E-state index in [9.17, 15) is 0 Å². The molecular weight excluding hydrogens is 254 g/mol.